The van der Waals surface area contributed by atoms with Crippen LogP contribution in [0.5, 0.6) is 0 Å². The Hall–Kier alpha value is -2.92. The molecule has 0 bridgehead atoms. The molecule has 1 atom stereocenters. The minimum absolute atomic E-state index is 0.0659. The van der Waals surface area contributed by atoms with E-state index < -0.39 is 40.6 Å². The first-order valence-electron chi connectivity index (χ1n) is 10.6. The van der Waals surface area contributed by atoms with Crippen LogP contribution in [-0.4, -0.2) is 49.8 Å². The molecule has 0 radical (unpaired) electrons. The molecule has 184 valence electrons. The third-order valence-corrected chi connectivity index (χ3v) is 7.73. The number of halogens is 3. The SMILES string of the molecule is Cc1cc(C)c(S(=O)(=O)N2CCC[C@H]2C(=O)Nc2cccc(C(=O)NCC(F)(F)F)c2)c(C)c1. The Morgan fingerprint density at radius 1 is 1.09 bits per heavy atom. The van der Waals surface area contributed by atoms with Gasteiger partial charge in [-0.3, -0.25) is 9.59 Å². The van der Waals surface area contributed by atoms with Gasteiger partial charge in [0.05, 0.1) is 4.90 Å². The summed E-state index contributed by atoms with van der Waals surface area (Å²) in [6.45, 7) is 4.02. The van der Waals surface area contributed by atoms with Crippen LogP contribution in [0.2, 0.25) is 0 Å². The van der Waals surface area contributed by atoms with Gasteiger partial charge in [0.1, 0.15) is 12.6 Å². The molecule has 1 aliphatic heterocycles. The maximum atomic E-state index is 13.5. The Morgan fingerprint density at radius 3 is 2.35 bits per heavy atom. The highest BCUT2D eigenvalue weighted by Crippen LogP contribution is 2.31. The van der Waals surface area contributed by atoms with Crippen LogP contribution in [0.1, 0.15) is 39.9 Å². The number of alkyl halides is 3. The number of amides is 2. The maximum absolute atomic E-state index is 13.5. The summed E-state index contributed by atoms with van der Waals surface area (Å²) in [5, 5.41) is 4.37. The molecule has 3 rings (SSSR count). The van der Waals surface area contributed by atoms with Gasteiger partial charge in [0.2, 0.25) is 15.9 Å². The summed E-state index contributed by atoms with van der Waals surface area (Å²) in [7, 11) is -3.94. The normalized spacial score (nSPS) is 16.9. The smallest absolute Gasteiger partial charge is 0.343 e. The first kappa shape index (κ1) is 25.7. The van der Waals surface area contributed by atoms with Gasteiger partial charge in [-0.1, -0.05) is 23.8 Å². The lowest BCUT2D eigenvalue weighted by atomic mass is 10.1. The van der Waals surface area contributed by atoms with Crippen LogP contribution < -0.4 is 10.6 Å². The first-order valence-corrected chi connectivity index (χ1v) is 12.1. The summed E-state index contributed by atoms with van der Waals surface area (Å²) in [4.78, 5) is 25.2. The van der Waals surface area contributed by atoms with Crippen LogP contribution in [0.4, 0.5) is 18.9 Å². The number of aryl methyl sites for hydroxylation is 3. The highest BCUT2D eigenvalue weighted by atomic mass is 32.2. The Bertz CT molecular complexity index is 1190. The number of sulfonamides is 1. The fraction of sp³-hybridized carbons (Fsp3) is 0.391. The van der Waals surface area contributed by atoms with E-state index in [1.165, 1.54) is 28.6 Å². The summed E-state index contributed by atoms with van der Waals surface area (Å²) in [6, 6.07) is 8.05. The number of nitrogens with zero attached hydrogens (tertiary/aromatic N) is 1. The van der Waals surface area contributed by atoms with Crippen LogP contribution in [-0.2, 0) is 14.8 Å². The van der Waals surface area contributed by atoms with Crippen molar-refractivity contribution in [2.45, 2.75) is 50.7 Å². The third kappa shape index (κ3) is 5.76. The van der Waals surface area contributed by atoms with Crippen LogP contribution in [0.3, 0.4) is 0 Å². The Morgan fingerprint density at radius 2 is 1.74 bits per heavy atom. The number of carbonyl (C=O) groups is 2. The van der Waals surface area contributed by atoms with Crippen molar-refractivity contribution in [2.75, 3.05) is 18.4 Å². The number of nitrogens with one attached hydrogen (secondary N) is 2. The molecule has 2 aromatic rings. The molecule has 0 aliphatic carbocycles. The zero-order chi connectivity index (χ0) is 25.3. The van der Waals surface area contributed by atoms with Gasteiger partial charge in [-0.05, 0) is 62.9 Å². The van der Waals surface area contributed by atoms with E-state index in [0.717, 1.165) is 5.56 Å². The molecule has 2 amide bonds. The third-order valence-electron chi connectivity index (χ3n) is 5.52. The highest BCUT2D eigenvalue weighted by molar-refractivity contribution is 7.89. The van der Waals surface area contributed by atoms with Crippen LogP contribution in [0, 0.1) is 20.8 Å². The monoisotopic (exact) mass is 497 g/mol. The van der Waals surface area contributed by atoms with Crippen molar-refractivity contribution in [3.05, 3.63) is 58.7 Å². The van der Waals surface area contributed by atoms with Gasteiger partial charge in [0.15, 0.2) is 0 Å². The van der Waals surface area contributed by atoms with E-state index >= 15 is 0 Å². The summed E-state index contributed by atoms with van der Waals surface area (Å²) in [5.41, 5.74) is 2.24. The van der Waals surface area contributed by atoms with Crippen LogP contribution in [0.25, 0.3) is 0 Å². The minimum atomic E-state index is -4.55. The van der Waals surface area contributed by atoms with Gasteiger partial charge in [-0.15, -0.1) is 0 Å². The number of anilines is 1. The van der Waals surface area contributed by atoms with E-state index in [1.54, 1.807) is 31.3 Å². The molecule has 0 unspecified atom stereocenters. The molecular weight excluding hydrogens is 471 g/mol. The lowest BCUT2D eigenvalue weighted by Gasteiger charge is -2.25. The van der Waals surface area contributed by atoms with E-state index in [0.29, 0.717) is 24.0 Å². The van der Waals surface area contributed by atoms with E-state index in [1.807, 2.05) is 6.92 Å². The minimum Gasteiger partial charge on any atom is -0.343 e. The van der Waals surface area contributed by atoms with Crippen molar-refractivity contribution >= 4 is 27.5 Å². The fourth-order valence-electron chi connectivity index (χ4n) is 4.23. The van der Waals surface area contributed by atoms with Crippen molar-refractivity contribution in [1.29, 1.82) is 0 Å². The second kappa shape index (κ2) is 9.75. The first-order chi connectivity index (χ1) is 15.8. The van der Waals surface area contributed by atoms with E-state index in [9.17, 15) is 31.2 Å². The average molecular weight is 498 g/mol. The second-order valence-corrected chi connectivity index (χ2v) is 10.2. The molecule has 1 heterocycles. The number of rotatable bonds is 6. The number of carbonyl (C=O) groups excluding carboxylic acids is 2. The summed E-state index contributed by atoms with van der Waals surface area (Å²) in [5.74, 6) is -1.51. The zero-order valence-corrected chi connectivity index (χ0v) is 19.8. The van der Waals surface area contributed by atoms with Crippen molar-refractivity contribution in [1.82, 2.24) is 9.62 Å². The summed E-state index contributed by atoms with van der Waals surface area (Å²) < 4.78 is 65.2. The maximum Gasteiger partial charge on any atom is 0.405 e. The molecule has 0 spiro atoms. The molecule has 11 heteroatoms. The van der Waals surface area contributed by atoms with Crippen molar-refractivity contribution in [3.8, 4) is 0 Å². The standard InChI is InChI=1S/C23H26F3N3O4S/c1-14-10-15(2)20(16(3)11-14)34(32,33)29-9-5-8-19(29)22(31)28-18-7-4-6-17(12-18)21(30)27-13-23(24,25)26/h4,6-7,10-12,19H,5,8-9,13H2,1-3H3,(H,27,30)(H,28,31)/t19-/m0/s1. The number of hydrogen-bond donors (Lipinski definition) is 2. The van der Waals surface area contributed by atoms with Gasteiger partial charge in [0.25, 0.3) is 5.91 Å². The van der Waals surface area contributed by atoms with Gasteiger partial charge in [-0.2, -0.15) is 17.5 Å². The second-order valence-electron chi connectivity index (χ2n) is 8.37. The van der Waals surface area contributed by atoms with Gasteiger partial charge >= 0.3 is 6.18 Å². The predicted molar refractivity (Wildman–Crippen MR) is 121 cm³/mol. The molecule has 34 heavy (non-hydrogen) atoms. The van der Waals surface area contributed by atoms with Crippen molar-refractivity contribution in [3.63, 3.8) is 0 Å². The Kier molecular flexibility index (Phi) is 7.37. The van der Waals surface area contributed by atoms with Crippen LogP contribution >= 0.6 is 0 Å². The largest absolute Gasteiger partial charge is 0.405 e. The fourth-order valence-corrected chi connectivity index (χ4v) is 6.30. The van der Waals surface area contributed by atoms with Crippen molar-refractivity contribution in [2.24, 2.45) is 0 Å². The van der Waals surface area contributed by atoms with E-state index in [-0.39, 0.29) is 22.7 Å². The molecule has 0 aromatic heterocycles. The topological polar surface area (TPSA) is 95.6 Å². The highest BCUT2D eigenvalue weighted by Gasteiger charge is 2.40. The lowest BCUT2D eigenvalue weighted by molar-refractivity contribution is -0.123. The van der Waals surface area contributed by atoms with Crippen LogP contribution in [0.15, 0.2) is 41.3 Å². The van der Waals surface area contributed by atoms with Gasteiger partial charge in [0, 0.05) is 17.8 Å². The molecule has 1 fully saturated rings. The molecular formula is C23H26F3N3O4S. The molecule has 0 saturated carbocycles. The van der Waals surface area contributed by atoms with E-state index in [2.05, 4.69) is 5.32 Å². The summed E-state index contributed by atoms with van der Waals surface area (Å²) >= 11 is 0. The Balaban J connectivity index is 1.79. The molecule has 1 saturated heterocycles. The average Bonchev–Trinajstić information content (AvgIpc) is 3.22. The van der Waals surface area contributed by atoms with Gasteiger partial charge < -0.3 is 10.6 Å². The number of hydrogen-bond acceptors (Lipinski definition) is 4. The Labute approximate surface area is 196 Å². The molecule has 1 aliphatic rings. The molecule has 7 nitrogen and oxygen atoms in total. The quantitative estimate of drug-likeness (QED) is 0.636. The lowest BCUT2D eigenvalue weighted by Crippen LogP contribution is -2.43. The zero-order valence-electron chi connectivity index (χ0n) is 19.0. The van der Waals surface area contributed by atoms with Gasteiger partial charge in [-0.25, -0.2) is 8.42 Å². The predicted octanol–water partition coefficient (Wildman–Crippen LogP) is 3.70. The molecule has 2 N–H and O–H groups in total. The number of benzene rings is 2. The molecule has 2 aromatic carbocycles. The summed E-state index contributed by atoms with van der Waals surface area (Å²) in [6.07, 6.45) is -3.73. The van der Waals surface area contributed by atoms with E-state index in [4.69, 9.17) is 0 Å². The van der Waals surface area contributed by atoms with Crippen molar-refractivity contribution < 1.29 is 31.2 Å².